The van der Waals surface area contributed by atoms with Gasteiger partial charge in [-0.3, -0.25) is 14.3 Å². The number of carbonyl (C=O) groups is 2. The van der Waals surface area contributed by atoms with Crippen LogP contribution in [0.2, 0.25) is 0 Å². The molecule has 3 aromatic rings. The molecule has 3 heterocycles. The van der Waals surface area contributed by atoms with Crippen LogP contribution < -0.4 is 11.1 Å². The van der Waals surface area contributed by atoms with Crippen molar-refractivity contribution in [3.8, 4) is 0 Å². The fourth-order valence-electron chi connectivity index (χ4n) is 4.17. The number of aryl methyl sites for hydroxylation is 1. The summed E-state index contributed by atoms with van der Waals surface area (Å²) in [6, 6.07) is 7.90. The molecule has 1 fully saturated rings. The van der Waals surface area contributed by atoms with Gasteiger partial charge in [-0.15, -0.1) is 0 Å². The third kappa shape index (κ3) is 9.39. The Morgan fingerprint density at radius 1 is 1.30 bits per heavy atom. The van der Waals surface area contributed by atoms with E-state index in [0.29, 0.717) is 12.2 Å². The molecule has 4 N–H and O–H groups in total. The van der Waals surface area contributed by atoms with Crippen molar-refractivity contribution >= 4 is 41.6 Å². The summed E-state index contributed by atoms with van der Waals surface area (Å²) in [5, 5.41) is 6.84. The van der Waals surface area contributed by atoms with Crippen molar-refractivity contribution in [3.05, 3.63) is 53.6 Å². The first-order valence-electron chi connectivity index (χ1n) is 13.1. The first kappa shape index (κ1) is 30.2. The van der Waals surface area contributed by atoms with Gasteiger partial charge in [0.2, 0.25) is 5.91 Å². The lowest BCUT2D eigenvalue weighted by atomic mass is 9.91. The van der Waals surface area contributed by atoms with Gasteiger partial charge in [-0.1, -0.05) is 32.4 Å². The summed E-state index contributed by atoms with van der Waals surface area (Å²) >= 11 is 3.53. The molecule has 0 spiro atoms. The van der Waals surface area contributed by atoms with Crippen LogP contribution in [-0.2, 0) is 17.8 Å². The average Bonchev–Trinajstić information content (AvgIpc) is 3.56. The summed E-state index contributed by atoms with van der Waals surface area (Å²) in [4.78, 5) is 30.6. The number of carbonyl (C=O) groups excluding carboxylic acids is 2. The number of hydrogen-bond donors (Lipinski definition) is 4. The van der Waals surface area contributed by atoms with Crippen LogP contribution in [0.1, 0.15) is 74.8 Å². The zero-order valence-corrected chi connectivity index (χ0v) is 23.4. The number of piperidine rings is 1. The van der Waals surface area contributed by atoms with E-state index < -0.39 is 5.91 Å². The second-order valence-corrected chi connectivity index (χ2v) is 9.20. The van der Waals surface area contributed by atoms with Gasteiger partial charge in [0.05, 0.1) is 11.0 Å². The molecule has 202 valence electrons. The molecule has 0 radical (unpaired) electrons. The molecule has 4 rings (SSSR count). The maximum atomic E-state index is 11.9. The summed E-state index contributed by atoms with van der Waals surface area (Å²) in [7, 11) is 0. The summed E-state index contributed by atoms with van der Waals surface area (Å²) in [6.45, 7) is 7.93. The summed E-state index contributed by atoms with van der Waals surface area (Å²) in [5.74, 6) is 1.56. The minimum absolute atomic E-state index is 0.106. The number of rotatable bonds is 9. The summed E-state index contributed by atoms with van der Waals surface area (Å²) in [5.41, 5.74) is 8.73. The number of imidazole rings is 1. The molecule has 1 aliphatic rings. The highest BCUT2D eigenvalue weighted by molar-refractivity contribution is 7.79. The largest absolute Gasteiger partial charge is 0.364 e. The van der Waals surface area contributed by atoms with Crippen LogP contribution in [0.3, 0.4) is 0 Å². The van der Waals surface area contributed by atoms with Gasteiger partial charge < -0.3 is 16.0 Å². The first-order valence-corrected chi connectivity index (χ1v) is 14.0. The number of nitrogens with one attached hydrogen (secondary N) is 2. The maximum absolute atomic E-state index is 11.9. The monoisotopic (exact) mass is 526 g/mol. The number of allylic oxidation sites excluding steroid dienone is 1. The molecule has 1 aliphatic heterocycles. The molecule has 0 saturated carbocycles. The number of thiol groups is 1. The Labute approximate surface area is 225 Å². The molecule has 1 aromatic carbocycles. The number of fused-ring (bicyclic) bond motifs is 1. The standard InChI is InChI=1S/C21H29N3O.C6H9N3O.CH4S/c1-3-15(2)7-4-5-9-20-23-18-11-10-16(14-19(18)24-20)13-17-8-6-12-22-21(17)25;1-2-9-5(6(7)10)3-4-8-9;1-2/h5,9-11,14-15,17H,3-4,6-8,12-13H2,1-2H3,(H,22,25)(H,23,24);3-4H,2H2,1H3,(H2,7,10);2H,1H3/b9-5-;;. The number of nitrogens with zero attached hydrogens (tertiary/aromatic N) is 3. The van der Waals surface area contributed by atoms with E-state index in [1.165, 1.54) is 18.4 Å². The van der Waals surface area contributed by atoms with Crippen LogP contribution in [0.5, 0.6) is 0 Å². The number of aromatic amines is 1. The molecular formula is C28H42N6O2S. The number of hydrogen-bond acceptors (Lipinski definition) is 5. The maximum Gasteiger partial charge on any atom is 0.266 e. The quantitative estimate of drug-likeness (QED) is 0.293. The van der Waals surface area contributed by atoms with E-state index in [4.69, 9.17) is 5.73 Å². The lowest BCUT2D eigenvalue weighted by molar-refractivity contribution is -0.126. The number of primary amides is 1. The second-order valence-electron chi connectivity index (χ2n) is 9.20. The predicted molar refractivity (Wildman–Crippen MR) is 155 cm³/mol. The van der Waals surface area contributed by atoms with E-state index in [0.717, 1.165) is 55.0 Å². The zero-order valence-electron chi connectivity index (χ0n) is 22.5. The smallest absolute Gasteiger partial charge is 0.266 e. The number of benzene rings is 1. The van der Waals surface area contributed by atoms with Gasteiger partial charge in [0.25, 0.3) is 5.91 Å². The lowest BCUT2D eigenvalue weighted by Gasteiger charge is -2.21. The summed E-state index contributed by atoms with van der Waals surface area (Å²) in [6.07, 6.45) is 14.0. The SMILES string of the molecule is CCC(C)CC/C=C\c1nc2ccc(CC3CCCNC3=O)cc2[nH]1.CCn1nccc1C(N)=O.CS. The number of aromatic nitrogens is 4. The Morgan fingerprint density at radius 3 is 2.73 bits per heavy atom. The average molecular weight is 527 g/mol. The van der Waals surface area contributed by atoms with Crippen LogP contribution in [0.15, 0.2) is 36.5 Å². The highest BCUT2D eigenvalue weighted by atomic mass is 32.1. The van der Waals surface area contributed by atoms with E-state index in [2.05, 4.69) is 77.2 Å². The molecule has 2 unspecified atom stereocenters. The van der Waals surface area contributed by atoms with Crippen LogP contribution in [-0.4, -0.2) is 44.4 Å². The molecule has 1 saturated heterocycles. The Balaban J connectivity index is 0.000000336. The fourth-order valence-corrected chi connectivity index (χ4v) is 4.17. The Bertz CT molecular complexity index is 1150. The highest BCUT2D eigenvalue weighted by Gasteiger charge is 2.22. The van der Waals surface area contributed by atoms with E-state index in [1.807, 2.05) is 6.92 Å². The van der Waals surface area contributed by atoms with Crippen molar-refractivity contribution in [2.45, 2.75) is 65.8 Å². The molecule has 9 heteroatoms. The molecule has 8 nitrogen and oxygen atoms in total. The molecule has 0 bridgehead atoms. The number of nitrogens with two attached hydrogens (primary N) is 1. The van der Waals surface area contributed by atoms with Crippen LogP contribution in [0, 0.1) is 11.8 Å². The highest BCUT2D eigenvalue weighted by Crippen LogP contribution is 2.21. The topological polar surface area (TPSA) is 119 Å². The molecule has 0 aliphatic carbocycles. The number of H-pyrrole nitrogens is 1. The third-order valence-corrected chi connectivity index (χ3v) is 6.51. The van der Waals surface area contributed by atoms with Crippen molar-refractivity contribution in [1.29, 1.82) is 0 Å². The van der Waals surface area contributed by atoms with Gasteiger partial charge >= 0.3 is 0 Å². The predicted octanol–water partition coefficient (Wildman–Crippen LogP) is 5.02. The zero-order chi connectivity index (χ0) is 27.2. The van der Waals surface area contributed by atoms with Gasteiger partial charge in [0, 0.05) is 25.2 Å². The van der Waals surface area contributed by atoms with Crippen molar-refractivity contribution in [2.24, 2.45) is 17.6 Å². The molecule has 2 atom stereocenters. The fraction of sp³-hybridized carbons (Fsp3) is 0.500. The van der Waals surface area contributed by atoms with E-state index in [-0.39, 0.29) is 11.8 Å². The van der Waals surface area contributed by atoms with E-state index in [1.54, 1.807) is 23.2 Å². The van der Waals surface area contributed by atoms with E-state index in [9.17, 15) is 9.59 Å². The minimum Gasteiger partial charge on any atom is -0.364 e. The van der Waals surface area contributed by atoms with Gasteiger partial charge in [0.1, 0.15) is 11.5 Å². The van der Waals surface area contributed by atoms with Crippen molar-refractivity contribution in [3.63, 3.8) is 0 Å². The van der Waals surface area contributed by atoms with Gasteiger partial charge in [0.15, 0.2) is 0 Å². The second kappa shape index (κ2) is 15.9. The minimum atomic E-state index is -0.431. The normalized spacial score (nSPS) is 15.9. The lowest BCUT2D eigenvalue weighted by Crippen LogP contribution is -2.37. The molecule has 2 amide bonds. The van der Waals surface area contributed by atoms with Crippen LogP contribution in [0.25, 0.3) is 17.1 Å². The van der Waals surface area contributed by atoms with Crippen LogP contribution >= 0.6 is 12.6 Å². The molecular weight excluding hydrogens is 484 g/mol. The Morgan fingerprint density at radius 2 is 2.08 bits per heavy atom. The Kier molecular flexibility index (Phi) is 13.0. The Hall–Kier alpha value is -3.07. The van der Waals surface area contributed by atoms with E-state index >= 15 is 0 Å². The molecule has 37 heavy (non-hydrogen) atoms. The van der Waals surface area contributed by atoms with Crippen LogP contribution in [0.4, 0.5) is 0 Å². The van der Waals surface area contributed by atoms with Gasteiger partial charge in [-0.2, -0.15) is 17.7 Å². The third-order valence-electron chi connectivity index (χ3n) is 6.51. The van der Waals surface area contributed by atoms with Crippen molar-refractivity contribution < 1.29 is 9.59 Å². The summed E-state index contributed by atoms with van der Waals surface area (Å²) < 4.78 is 1.56. The van der Waals surface area contributed by atoms with Crippen molar-refractivity contribution in [2.75, 3.05) is 12.8 Å². The molecule has 2 aromatic heterocycles. The number of amides is 2. The first-order chi connectivity index (χ1) is 17.9. The van der Waals surface area contributed by atoms with Gasteiger partial charge in [-0.25, -0.2) is 4.98 Å². The van der Waals surface area contributed by atoms with Gasteiger partial charge in [-0.05, 0) is 81.0 Å². The van der Waals surface area contributed by atoms with Crippen molar-refractivity contribution in [1.82, 2.24) is 25.1 Å².